The molecule has 2 heteroatoms. The van der Waals surface area contributed by atoms with Crippen molar-refractivity contribution in [3.8, 4) is 0 Å². The molecule has 0 aliphatic carbocycles. The molecular formula is C4H3OS. The number of thiol groups is 1. The van der Waals surface area contributed by atoms with Gasteiger partial charge in [-0.2, -0.15) is 0 Å². The zero-order valence-corrected chi connectivity index (χ0v) is 3.90. The lowest BCUT2D eigenvalue weighted by atomic mass is 10.7. The van der Waals surface area contributed by atoms with Crippen LogP contribution in [0.4, 0.5) is 0 Å². The van der Waals surface area contributed by atoms with Crippen LogP contribution < -0.4 is 0 Å². The SMILES string of the molecule is Sc1[c]cco1. The van der Waals surface area contributed by atoms with Crippen molar-refractivity contribution in [2.75, 3.05) is 0 Å². The minimum absolute atomic E-state index is 0.537. The van der Waals surface area contributed by atoms with E-state index in [4.69, 9.17) is 0 Å². The molecule has 0 N–H and O–H groups in total. The highest BCUT2D eigenvalue weighted by atomic mass is 32.1. The second-order valence-electron chi connectivity index (χ2n) is 0.870. The molecule has 1 heterocycles. The Balaban J connectivity index is 3.05. The van der Waals surface area contributed by atoms with Gasteiger partial charge in [0.25, 0.3) is 0 Å². The van der Waals surface area contributed by atoms with Gasteiger partial charge < -0.3 is 4.42 Å². The van der Waals surface area contributed by atoms with Crippen molar-refractivity contribution < 1.29 is 4.42 Å². The van der Waals surface area contributed by atoms with Gasteiger partial charge in [0.15, 0.2) is 5.09 Å². The van der Waals surface area contributed by atoms with Gasteiger partial charge in [-0.05, 0) is 6.07 Å². The van der Waals surface area contributed by atoms with Gasteiger partial charge in [-0.25, -0.2) is 0 Å². The fraction of sp³-hybridized carbons (Fsp3) is 0. The summed E-state index contributed by atoms with van der Waals surface area (Å²) < 4.78 is 4.64. The summed E-state index contributed by atoms with van der Waals surface area (Å²) in [6.07, 6.45) is 1.53. The predicted octanol–water partition coefficient (Wildman–Crippen LogP) is 1.37. The van der Waals surface area contributed by atoms with Crippen molar-refractivity contribution in [2.24, 2.45) is 0 Å². The third-order valence-corrected chi connectivity index (χ3v) is 0.689. The molecule has 1 aromatic rings. The molecule has 0 saturated carbocycles. The van der Waals surface area contributed by atoms with Crippen LogP contribution >= 0.6 is 12.6 Å². The predicted molar refractivity (Wildman–Crippen MR) is 24.8 cm³/mol. The minimum atomic E-state index is 0.537. The molecular weight excluding hydrogens is 96.1 g/mol. The Bertz CT molecular complexity index is 111. The van der Waals surface area contributed by atoms with Crippen molar-refractivity contribution in [3.63, 3.8) is 0 Å². The van der Waals surface area contributed by atoms with Crippen molar-refractivity contribution in [1.82, 2.24) is 0 Å². The monoisotopic (exact) mass is 99.0 g/mol. The van der Waals surface area contributed by atoms with Crippen LogP contribution in [-0.2, 0) is 0 Å². The molecule has 0 aliphatic rings. The number of hydrogen-bond donors (Lipinski definition) is 1. The molecule has 1 rings (SSSR count). The maximum absolute atomic E-state index is 4.64. The summed E-state index contributed by atoms with van der Waals surface area (Å²) in [6.45, 7) is 0. The average molecular weight is 99.1 g/mol. The molecule has 0 aliphatic heterocycles. The summed E-state index contributed by atoms with van der Waals surface area (Å²) in [6, 6.07) is 4.37. The second kappa shape index (κ2) is 1.39. The van der Waals surface area contributed by atoms with E-state index in [1.54, 1.807) is 6.07 Å². The molecule has 31 valence electrons. The van der Waals surface area contributed by atoms with Gasteiger partial charge in [0, 0.05) is 6.07 Å². The van der Waals surface area contributed by atoms with Crippen LogP contribution in [0.5, 0.6) is 0 Å². The molecule has 0 fully saturated rings. The molecule has 0 aromatic carbocycles. The number of hydrogen-bond acceptors (Lipinski definition) is 2. The van der Waals surface area contributed by atoms with Crippen molar-refractivity contribution >= 4 is 12.6 Å². The van der Waals surface area contributed by atoms with Crippen molar-refractivity contribution in [2.45, 2.75) is 5.09 Å². The van der Waals surface area contributed by atoms with E-state index in [1.165, 1.54) is 6.26 Å². The molecule has 0 spiro atoms. The van der Waals surface area contributed by atoms with Gasteiger partial charge >= 0.3 is 0 Å². The third-order valence-electron chi connectivity index (χ3n) is 0.455. The van der Waals surface area contributed by atoms with Crippen LogP contribution in [0.15, 0.2) is 21.8 Å². The summed E-state index contributed by atoms with van der Waals surface area (Å²) >= 11 is 3.81. The topological polar surface area (TPSA) is 13.1 Å². The molecule has 0 amide bonds. The van der Waals surface area contributed by atoms with Crippen LogP contribution in [0, 0.1) is 6.07 Å². The van der Waals surface area contributed by atoms with E-state index in [0.717, 1.165) is 0 Å². The fourth-order valence-corrected chi connectivity index (χ4v) is 0.373. The van der Waals surface area contributed by atoms with E-state index in [-0.39, 0.29) is 0 Å². The molecule has 0 bridgehead atoms. The van der Waals surface area contributed by atoms with Crippen molar-refractivity contribution in [3.05, 3.63) is 18.4 Å². The quantitative estimate of drug-likeness (QED) is 0.485. The first-order valence-electron chi connectivity index (χ1n) is 1.54. The Morgan fingerprint density at radius 3 is 2.83 bits per heavy atom. The van der Waals surface area contributed by atoms with E-state index in [1.807, 2.05) is 0 Å². The molecule has 1 nitrogen and oxygen atoms in total. The highest BCUT2D eigenvalue weighted by Gasteiger charge is 1.78. The van der Waals surface area contributed by atoms with Gasteiger partial charge in [0.1, 0.15) is 0 Å². The molecule has 0 atom stereocenters. The summed E-state index contributed by atoms with van der Waals surface area (Å²) in [4.78, 5) is 0. The number of rotatable bonds is 0. The largest absolute Gasteiger partial charge is 0.458 e. The molecule has 1 aromatic heterocycles. The van der Waals surface area contributed by atoms with Gasteiger partial charge in [0.05, 0.1) is 6.26 Å². The standard InChI is InChI=1S/C4H3OS/c6-4-2-1-3-5-4/h1,3,6H. The minimum Gasteiger partial charge on any atom is -0.458 e. The Morgan fingerprint density at radius 2 is 2.67 bits per heavy atom. The van der Waals surface area contributed by atoms with Crippen LogP contribution in [0.1, 0.15) is 0 Å². The first-order chi connectivity index (χ1) is 2.89. The fourth-order valence-electron chi connectivity index (χ4n) is 0.238. The van der Waals surface area contributed by atoms with Crippen LogP contribution in [0.2, 0.25) is 0 Å². The van der Waals surface area contributed by atoms with Crippen LogP contribution in [-0.4, -0.2) is 0 Å². The van der Waals surface area contributed by atoms with E-state index in [2.05, 4.69) is 23.1 Å². The molecule has 0 unspecified atom stereocenters. The summed E-state index contributed by atoms with van der Waals surface area (Å²) in [5.74, 6) is 0. The maximum Gasteiger partial charge on any atom is 0.164 e. The van der Waals surface area contributed by atoms with Gasteiger partial charge in [-0.15, -0.1) is 12.6 Å². The number of furan rings is 1. The van der Waals surface area contributed by atoms with E-state index in [9.17, 15) is 0 Å². The summed E-state index contributed by atoms with van der Waals surface area (Å²) in [5.41, 5.74) is 0. The van der Waals surface area contributed by atoms with Gasteiger partial charge in [-0.3, -0.25) is 0 Å². The highest BCUT2D eigenvalue weighted by molar-refractivity contribution is 7.80. The lowest BCUT2D eigenvalue weighted by molar-refractivity contribution is 0.475. The van der Waals surface area contributed by atoms with Crippen LogP contribution in [0.3, 0.4) is 0 Å². The zero-order chi connectivity index (χ0) is 4.41. The summed E-state index contributed by atoms with van der Waals surface area (Å²) in [7, 11) is 0. The first-order valence-corrected chi connectivity index (χ1v) is 1.98. The highest BCUT2D eigenvalue weighted by Crippen LogP contribution is 2.01. The lowest BCUT2D eigenvalue weighted by Crippen LogP contribution is -1.39. The molecule has 6 heavy (non-hydrogen) atoms. The zero-order valence-electron chi connectivity index (χ0n) is 3.01. The van der Waals surface area contributed by atoms with Gasteiger partial charge in [0.2, 0.25) is 0 Å². The first kappa shape index (κ1) is 3.81. The Morgan fingerprint density at radius 1 is 1.83 bits per heavy atom. The molecule has 0 saturated heterocycles. The maximum atomic E-state index is 4.64. The Kier molecular flexibility index (Phi) is 0.881. The molecule has 1 radical (unpaired) electrons. The average Bonchev–Trinajstić information content (AvgIpc) is 1.86. The normalized spacial score (nSPS) is 8.83. The van der Waals surface area contributed by atoms with E-state index in [0.29, 0.717) is 5.09 Å². The van der Waals surface area contributed by atoms with E-state index < -0.39 is 0 Å². The van der Waals surface area contributed by atoms with Crippen molar-refractivity contribution in [1.29, 1.82) is 0 Å². The smallest absolute Gasteiger partial charge is 0.164 e. The Hall–Kier alpha value is -0.370. The Labute approximate surface area is 41.4 Å². The van der Waals surface area contributed by atoms with Gasteiger partial charge in [-0.1, -0.05) is 0 Å². The summed E-state index contributed by atoms with van der Waals surface area (Å²) in [5, 5.41) is 0.537. The lowest BCUT2D eigenvalue weighted by Gasteiger charge is -1.67. The second-order valence-corrected chi connectivity index (χ2v) is 1.28. The third kappa shape index (κ3) is 0.571. The van der Waals surface area contributed by atoms with E-state index >= 15 is 0 Å². The van der Waals surface area contributed by atoms with Crippen LogP contribution in [0.25, 0.3) is 0 Å².